The minimum Gasteiger partial charge on any atom is -0.369 e. The smallest absolute Gasteiger partial charge is 0.293 e. The van der Waals surface area contributed by atoms with Crippen LogP contribution in [0, 0.1) is 17.0 Å². The van der Waals surface area contributed by atoms with Gasteiger partial charge in [0, 0.05) is 54.9 Å². The van der Waals surface area contributed by atoms with E-state index in [1.807, 2.05) is 49.4 Å². The Labute approximate surface area is 199 Å². The molecule has 1 aliphatic rings. The number of likely N-dealkylation sites (N-methyl/N-ethyl adjacent to an activating group) is 1. The molecule has 3 aromatic rings. The molecule has 0 unspecified atom stereocenters. The highest BCUT2D eigenvalue weighted by molar-refractivity contribution is 6.05. The topological polar surface area (TPSA) is 90.8 Å². The van der Waals surface area contributed by atoms with Crippen LogP contribution in [0.1, 0.15) is 22.8 Å². The molecule has 1 saturated heterocycles. The SMILES string of the molecule is CCN1CCN(c2ccc(NC(=O)c3ccc(Nc4ccccc4)c([N+](=O)[O-])c3)c(C)c2)CC1. The predicted octanol–water partition coefficient (Wildman–Crippen LogP) is 5.04. The Morgan fingerprint density at radius 2 is 1.68 bits per heavy atom. The number of piperazine rings is 1. The molecule has 1 aliphatic heterocycles. The number of hydrogen-bond donors (Lipinski definition) is 2. The van der Waals surface area contributed by atoms with Gasteiger partial charge in [-0.05, 0) is 61.5 Å². The zero-order valence-electron chi connectivity index (χ0n) is 19.5. The third-order valence-corrected chi connectivity index (χ3v) is 6.15. The maximum absolute atomic E-state index is 12.9. The Morgan fingerprint density at radius 1 is 0.971 bits per heavy atom. The number of nitro benzene ring substituents is 1. The number of hydrogen-bond acceptors (Lipinski definition) is 6. The van der Waals surface area contributed by atoms with Crippen LogP contribution in [-0.2, 0) is 0 Å². The van der Waals surface area contributed by atoms with Crippen molar-refractivity contribution in [3.63, 3.8) is 0 Å². The fraction of sp³-hybridized carbons (Fsp3) is 0.269. The number of aryl methyl sites for hydroxylation is 1. The average molecular weight is 460 g/mol. The molecule has 0 spiro atoms. The molecule has 0 aromatic heterocycles. The third kappa shape index (κ3) is 5.35. The Kier molecular flexibility index (Phi) is 7.08. The van der Waals surface area contributed by atoms with Crippen LogP contribution in [0.4, 0.5) is 28.4 Å². The van der Waals surface area contributed by atoms with E-state index in [1.54, 1.807) is 12.1 Å². The van der Waals surface area contributed by atoms with E-state index >= 15 is 0 Å². The van der Waals surface area contributed by atoms with Crippen LogP contribution in [0.3, 0.4) is 0 Å². The maximum Gasteiger partial charge on any atom is 0.293 e. The number of anilines is 4. The summed E-state index contributed by atoms with van der Waals surface area (Å²) in [6, 6.07) is 19.6. The lowest BCUT2D eigenvalue weighted by Crippen LogP contribution is -2.46. The molecule has 176 valence electrons. The predicted molar refractivity (Wildman–Crippen MR) is 136 cm³/mol. The molecule has 0 bridgehead atoms. The van der Waals surface area contributed by atoms with Crippen molar-refractivity contribution in [2.45, 2.75) is 13.8 Å². The van der Waals surface area contributed by atoms with Gasteiger partial charge in [-0.25, -0.2) is 0 Å². The first kappa shape index (κ1) is 23.3. The summed E-state index contributed by atoms with van der Waals surface area (Å²) in [6.45, 7) is 9.25. The molecule has 8 nitrogen and oxygen atoms in total. The molecular weight excluding hydrogens is 430 g/mol. The van der Waals surface area contributed by atoms with Crippen LogP contribution in [-0.4, -0.2) is 48.5 Å². The van der Waals surface area contributed by atoms with Gasteiger partial charge in [0.15, 0.2) is 0 Å². The molecule has 4 rings (SSSR count). The molecule has 0 radical (unpaired) electrons. The Balaban J connectivity index is 1.48. The van der Waals surface area contributed by atoms with E-state index in [1.165, 1.54) is 6.07 Å². The molecule has 34 heavy (non-hydrogen) atoms. The monoisotopic (exact) mass is 459 g/mol. The van der Waals surface area contributed by atoms with E-state index in [0.29, 0.717) is 11.4 Å². The number of nitrogens with zero attached hydrogens (tertiary/aromatic N) is 3. The van der Waals surface area contributed by atoms with E-state index in [9.17, 15) is 14.9 Å². The lowest BCUT2D eigenvalue weighted by atomic mass is 10.1. The van der Waals surface area contributed by atoms with Gasteiger partial charge in [0.2, 0.25) is 0 Å². The van der Waals surface area contributed by atoms with Gasteiger partial charge in [-0.3, -0.25) is 14.9 Å². The molecule has 1 amide bonds. The summed E-state index contributed by atoms with van der Waals surface area (Å²) in [5, 5.41) is 17.6. The number of amides is 1. The normalized spacial score (nSPS) is 14.0. The van der Waals surface area contributed by atoms with Crippen LogP contribution in [0.15, 0.2) is 66.7 Å². The summed E-state index contributed by atoms with van der Waals surface area (Å²) in [7, 11) is 0. The third-order valence-electron chi connectivity index (χ3n) is 6.15. The van der Waals surface area contributed by atoms with Gasteiger partial charge < -0.3 is 20.4 Å². The largest absolute Gasteiger partial charge is 0.369 e. The maximum atomic E-state index is 12.9. The van der Waals surface area contributed by atoms with E-state index in [4.69, 9.17) is 0 Å². The van der Waals surface area contributed by atoms with Crippen molar-refractivity contribution in [2.24, 2.45) is 0 Å². The average Bonchev–Trinajstić information content (AvgIpc) is 2.86. The second-order valence-corrected chi connectivity index (χ2v) is 8.35. The van der Waals surface area contributed by atoms with Gasteiger partial charge in [-0.2, -0.15) is 0 Å². The minimum absolute atomic E-state index is 0.158. The molecule has 1 heterocycles. The van der Waals surface area contributed by atoms with Gasteiger partial charge in [0.25, 0.3) is 11.6 Å². The second-order valence-electron chi connectivity index (χ2n) is 8.35. The number of benzene rings is 3. The highest BCUT2D eigenvalue weighted by atomic mass is 16.6. The molecule has 0 atom stereocenters. The van der Waals surface area contributed by atoms with Crippen LogP contribution in [0.2, 0.25) is 0 Å². The fourth-order valence-corrected chi connectivity index (χ4v) is 4.11. The molecule has 8 heteroatoms. The molecule has 1 fully saturated rings. The van der Waals surface area contributed by atoms with Crippen LogP contribution < -0.4 is 15.5 Å². The zero-order chi connectivity index (χ0) is 24.1. The highest BCUT2D eigenvalue weighted by Gasteiger charge is 2.19. The van der Waals surface area contributed by atoms with Gasteiger partial charge in [0.05, 0.1) is 4.92 Å². The summed E-state index contributed by atoms with van der Waals surface area (Å²) < 4.78 is 0. The van der Waals surface area contributed by atoms with Crippen molar-refractivity contribution in [1.29, 1.82) is 0 Å². The summed E-state index contributed by atoms with van der Waals surface area (Å²) in [4.78, 5) is 28.8. The molecule has 3 aromatic carbocycles. The molecule has 0 aliphatic carbocycles. The number of rotatable bonds is 7. The standard InChI is InChI=1S/C26H29N5O3/c1-3-29-13-15-30(16-14-29)22-10-12-23(19(2)17-22)28-26(32)20-9-11-24(25(18-20)31(33)34)27-21-7-5-4-6-8-21/h4-12,17-18,27H,3,13-16H2,1-2H3,(H,28,32). The highest BCUT2D eigenvalue weighted by Crippen LogP contribution is 2.30. The van der Waals surface area contributed by atoms with Crippen molar-refractivity contribution < 1.29 is 9.72 Å². The quantitative estimate of drug-likeness (QED) is 0.380. The number of carbonyl (C=O) groups excluding carboxylic acids is 1. The number of carbonyl (C=O) groups is 1. The minimum atomic E-state index is -0.486. The molecule has 2 N–H and O–H groups in total. The van der Waals surface area contributed by atoms with Crippen LogP contribution in [0.25, 0.3) is 0 Å². The summed E-state index contributed by atoms with van der Waals surface area (Å²) in [5.41, 5.74) is 3.90. The summed E-state index contributed by atoms with van der Waals surface area (Å²) >= 11 is 0. The summed E-state index contributed by atoms with van der Waals surface area (Å²) in [6.07, 6.45) is 0. The first-order valence-electron chi connectivity index (χ1n) is 11.4. The summed E-state index contributed by atoms with van der Waals surface area (Å²) in [5.74, 6) is -0.387. The Bertz CT molecular complexity index is 1170. The first-order valence-corrected chi connectivity index (χ1v) is 11.4. The van der Waals surface area contributed by atoms with Crippen LogP contribution >= 0.6 is 0 Å². The number of para-hydroxylation sites is 1. The Morgan fingerprint density at radius 3 is 2.32 bits per heavy atom. The lowest BCUT2D eigenvalue weighted by molar-refractivity contribution is -0.383. The van der Waals surface area contributed by atoms with Crippen molar-refractivity contribution in [3.8, 4) is 0 Å². The zero-order valence-corrected chi connectivity index (χ0v) is 19.5. The van der Waals surface area contributed by atoms with Crippen molar-refractivity contribution in [3.05, 3.63) is 88.0 Å². The van der Waals surface area contributed by atoms with Gasteiger partial charge in [-0.15, -0.1) is 0 Å². The van der Waals surface area contributed by atoms with Gasteiger partial charge in [-0.1, -0.05) is 25.1 Å². The number of nitrogens with one attached hydrogen (secondary N) is 2. The van der Waals surface area contributed by atoms with Crippen LogP contribution in [0.5, 0.6) is 0 Å². The lowest BCUT2D eigenvalue weighted by Gasteiger charge is -2.35. The first-order chi connectivity index (χ1) is 16.4. The van der Waals surface area contributed by atoms with Gasteiger partial charge >= 0.3 is 0 Å². The van der Waals surface area contributed by atoms with Crippen molar-refractivity contribution >= 4 is 34.3 Å². The Hall–Kier alpha value is -3.91. The second kappa shape index (κ2) is 10.4. The van der Waals surface area contributed by atoms with Gasteiger partial charge in [0.1, 0.15) is 5.69 Å². The fourth-order valence-electron chi connectivity index (χ4n) is 4.11. The molecule has 0 saturated carbocycles. The van der Waals surface area contributed by atoms with E-state index < -0.39 is 4.92 Å². The number of nitro groups is 1. The molecular formula is C26H29N5O3. The van der Waals surface area contributed by atoms with E-state index in [2.05, 4.69) is 33.4 Å². The van der Waals surface area contributed by atoms with E-state index in [-0.39, 0.29) is 17.2 Å². The van der Waals surface area contributed by atoms with E-state index in [0.717, 1.165) is 49.7 Å². The van der Waals surface area contributed by atoms with Crippen molar-refractivity contribution in [1.82, 2.24) is 4.90 Å². The van der Waals surface area contributed by atoms with Crippen molar-refractivity contribution in [2.75, 3.05) is 48.3 Å².